The predicted molar refractivity (Wildman–Crippen MR) is 83.6 cm³/mol. The highest BCUT2D eigenvalue weighted by molar-refractivity contribution is 5.96. The molecule has 3 rings (SSSR count). The van der Waals surface area contributed by atoms with Gasteiger partial charge in [-0.15, -0.1) is 0 Å². The molecule has 0 radical (unpaired) electrons. The number of benzene rings is 1. The molecule has 2 unspecified atom stereocenters. The maximum absolute atomic E-state index is 12.7. The highest BCUT2D eigenvalue weighted by atomic mass is 16.1. The normalized spacial score (nSPS) is 22.1. The molecule has 2 atom stereocenters. The van der Waals surface area contributed by atoms with Crippen LogP contribution in [-0.4, -0.2) is 15.6 Å². The lowest BCUT2D eigenvalue weighted by molar-refractivity contribution is 0.0814. The van der Waals surface area contributed by atoms with E-state index in [0.717, 1.165) is 18.5 Å². The Bertz CT molecular complexity index is 603. The van der Waals surface area contributed by atoms with Crippen LogP contribution in [0.3, 0.4) is 0 Å². The summed E-state index contributed by atoms with van der Waals surface area (Å²) in [5.41, 5.74) is 1.61. The predicted octanol–water partition coefficient (Wildman–Crippen LogP) is 4.27. The minimum atomic E-state index is 0.169. The van der Waals surface area contributed by atoms with Gasteiger partial charge in [-0.3, -0.25) is 4.79 Å². The Hall–Kier alpha value is -1.90. The first-order chi connectivity index (χ1) is 10.3. The summed E-state index contributed by atoms with van der Waals surface area (Å²) in [6, 6.07) is 11.8. The molecule has 1 aromatic carbocycles. The molecule has 1 aromatic heterocycles. The number of Topliss-reactive ketones (excluding diaryl/α,β-unsaturated/α-hetero) is 1. The van der Waals surface area contributed by atoms with Gasteiger partial charge in [-0.05, 0) is 37.0 Å². The summed E-state index contributed by atoms with van der Waals surface area (Å²) in [6.45, 7) is 2.19. The van der Waals surface area contributed by atoms with Crippen molar-refractivity contribution in [3.05, 3.63) is 48.3 Å². The van der Waals surface area contributed by atoms with Gasteiger partial charge in [0.15, 0.2) is 5.78 Å². The Kier molecular flexibility index (Phi) is 4.18. The second kappa shape index (κ2) is 6.25. The molecule has 1 fully saturated rings. The summed E-state index contributed by atoms with van der Waals surface area (Å²) >= 11 is 0. The van der Waals surface area contributed by atoms with Gasteiger partial charge in [0, 0.05) is 12.1 Å². The summed E-state index contributed by atoms with van der Waals surface area (Å²) in [7, 11) is 0. The maximum atomic E-state index is 12.7. The van der Waals surface area contributed by atoms with Gasteiger partial charge in [-0.1, -0.05) is 44.4 Å². The molecule has 0 spiro atoms. The van der Waals surface area contributed by atoms with Crippen molar-refractivity contribution in [1.82, 2.24) is 9.78 Å². The molecule has 2 aromatic rings. The lowest BCUT2D eigenvalue weighted by Gasteiger charge is -2.29. The summed E-state index contributed by atoms with van der Waals surface area (Å²) in [6.07, 6.45) is 7.62. The van der Waals surface area contributed by atoms with E-state index in [9.17, 15) is 4.79 Å². The number of carbonyl (C=O) groups excluding carboxylic acids is 1. The Morgan fingerprint density at radius 3 is 2.71 bits per heavy atom. The minimum Gasteiger partial charge on any atom is -0.292 e. The Balaban J connectivity index is 1.81. The number of nitrogens with zero attached hydrogens (tertiary/aromatic N) is 2. The molecule has 1 aliphatic carbocycles. The van der Waals surface area contributed by atoms with E-state index in [1.165, 1.54) is 19.3 Å². The third-order valence-electron chi connectivity index (χ3n) is 4.63. The van der Waals surface area contributed by atoms with E-state index >= 15 is 0 Å². The number of carbonyl (C=O) groups is 1. The van der Waals surface area contributed by atoms with Gasteiger partial charge < -0.3 is 0 Å². The summed E-state index contributed by atoms with van der Waals surface area (Å²) in [5.74, 6) is 0.937. The third kappa shape index (κ3) is 2.92. The Labute approximate surface area is 126 Å². The van der Waals surface area contributed by atoms with Gasteiger partial charge >= 0.3 is 0 Å². The molecule has 3 nitrogen and oxygen atoms in total. The number of para-hydroxylation sites is 1. The zero-order valence-corrected chi connectivity index (χ0v) is 12.5. The zero-order chi connectivity index (χ0) is 14.7. The van der Waals surface area contributed by atoms with E-state index in [2.05, 4.69) is 12.0 Å². The fourth-order valence-electron chi connectivity index (χ4n) is 3.41. The average Bonchev–Trinajstić information content (AvgIpc) is 3.05. The van der Waals surface area contributed by atoms with Crippen molar-refractivity contribution in [3.63, 3.8) is 0 Å². The number of ketones is 1. The fraction of sp³-hybridized carbons (Fsp3) is 0.444. The number of rotatable bonds is 4. The smallest absolute Gasteiger partial charge is 0.186 e. The number of hydrogen-bond donors (Lipinski definition) is 0. The first kappa shape index (κ1) is 14.1. The summed E-state index contributed by atoms with van der Waals surface area (Å²) in [5, 5.41) is 4.49. The highest BCUT2D eigenvalue weighted by Crippen LogP contribution is 2.34. The van der Waals surface area contributed by atoms with Crippen LogP contribution in [0.15, 0.2) is 42.6 Å². The molecule has 1 saturated carbocycles. The van der Waals surface area contributed by atoms with Crippen molar-refractivity contribution in [2.75, 3.05) is 0 Å². The second-order valence-electron chi connectivity index (χ2n) is 5.90. The van der Waals surface area contributed by atoms with Crippen molar-refractivity contribution in [2.45, 2.75) is 39.0 Å². The molecular weight excluding hydrogens is 260 g/mol. The summed E-state index contributed by atoms with van der Waals surface area (Å²) in [4.78, 5) is 12.7. The SMILES string of the molecule is CCC1CCCCC1C(=O)c1ccn(-c2ccccc2)n1. The molecule has 0 N–H and O–H groups in total. The molecule has 3 heteroatoms. The largest absolute Gasteiger partial charge is 0.292 e. The van der Waals surface area contributed by atoms with Gasteiger partial charge in [-0.25, -0.2) is 4.68 Å². The van der Waals surface area contributed by atoms with Crippen LogP contribution in [0.4, 0.5) is 0 Å². The maximum Gasteiger partial charge on any atom is 0.186 e. The highest BCUT2D eigenvalue weighted by Gasteiger charge is 2.31. The van der Waals surface area contributed by atoms with Crippen LogP contribution in [0.5, 0.6) is 0 Å². The van der Waals surface area contributed by atoms with Gasteiger partial charge in [0.25, 0.3) is 0 Å². The first-order valence-corrected chi connectivity index (χ1v) is 7.95. The van der Waals surface area contributed by atoms with Crippen molar-refractivity contribution in [2.24, 2.45) is 11.8 Å². The van der Waals surface area contributed by atoms with E-state index in [1.54, 1.807) is 4.68 Å². The molecular formula is C18H22N2O. The molecule has 0 saturated heterocycles. The topological polar surface area (TPSA) is 34.9 Å². The van der Waals surface area contributed by atoms with Gasteiger partial charge in [0.1, 0.15) is 5.69 Å². The van der Waals surface area contributed by atoms with Crippen LogP contribution in [0.2, 0.25) is 0 Å². The fourth-order valence-corrected chi connectivity index (χ4v) is 3.41. The van der Waals surface area contributed by atoms with Gasteiger partial charge in [-0.2, -0.15) is 5.10 Å². The lowest BCUT2D eigenvalue weighted by Crippen LogP contribution is -2.27. The van der Waals surface area contributed by atoms with E-state index in [0.29, 0.717) is 11.6 Å². The van der Waals surface area contributed by atoms with Crippen LogP contribution in [0, 0.1) is 11.8 Å². The van der Waals surface area contributed by atoms with E-state index in [-0.39, 0.29) is 11.7 Å². The lowest BCUT2D eigenvalue weighted by atomic mass is 9.75. The molecule has 1 aliphatic rings. The molecule has 0 aliphatic heterocycles. The van der Waals surface area contributed by atoms with Crippen LogP contribution in [-0.2, 0) is 0 Å². The standard InChI is InChI=1S/C18H22N2O/c1-2-14-8-6-7-11-16(14)18(21)17-12-13-20(19-17)15-9-4-3-5-10-15/h3-5,9-10,12-14,16H,2,6-8,11H2,1H3. The van der Waals surface area contributed by atoms with Crippen LogP contribution in [0.1, 0.15) is 49.5 Å². The van der Waals surface area contributed by atoms with E-state index in [1.807, 2.05) is 42.6 Å². The Morgan fingerprint density at radius 2 is 1.95 bits per heavy atom. The van der Waals surface area contributed by atoms with E-state index < -0.39 is 0 Å². The average molecular weight is 282 g/mol. The molecule has 0 amide bonds. The molecule has 0 bridgehead atoms. The number of aromatic nitrogens is 2. The van der Waals surface area contributed by atoms with Gasteiger partial charge in [0.2, 0.25) is 0 Å². The summed E-state index contributed by atoms with van der Waals surface area (Å²) < 4.78 is 1.79. The van der Waals surface area contributed by atoms with Crippen molar-refractivity contribution >= 4 is 5.78 Å². The third-order valence-corrected chi connectivity index (χ3v) is 4.63. The van der Waals surface area contributed by atoms with Crippen molar-refractivity contribution in [3.8, 4) is 5.69 Å². The second-order valence-corrected chi connectivity index (χ2v) is 5.90. The molecule has 110 valence electrons. The molecule has 1 heterocycles. The van der Waals surface area contributed by atoms with Crippen LogP contribution >= 0.6 is 0 Å². The molecule has 21 heavy (non-hydrogen) atoms. The van der Waals surface area contributed by atoms with Crippen LogP contribution < -0.4 is 0 Å². The van der Waals surface area contributed by atoms with Gasteiger partial charge in [0.05, 0.1) is 5.69 Å². The minimum absolute atomic E-state index is 0.169. The number of hydrogen-bond acceptors (Lipinski definition) is 2. The monoisotopic (exact) mass is 282 g/mol. The quantitative estimate of drug-likeness (QED) is 0.785. The van der Waals surface area contributed by atoms with Crippen molar-refractivity contribution < 1.29 is 4.79 Å². The Morgan fingerprint density at radius 1 is 1.19 bits per heavy atom. The van der Waals surface area contributed by atoms with E-state index in [4.69, 9.17) is 0 Å². The zero-order valence-electron chi connectivity index (χ0n) is 12.5. The van der Waals surface area contributed by atoms with Crippen molar-refractivity contribution in [1.29, 1.82) is 0 Å². The van der Waals surface area contributed by atoms with Crippen LogP contribution in [0.25, 0.3) is 5.69 Å². The first-order valence-electron chi connectivity index (χ1n) is 7.95.